The molecule has 4 heterocycles. The van der Waals surface area contributed by atoms with Crippen LogP contribution in [0, 0.1) is 0 Å². The van der Waals surface area contributed by atoms with Crippen LogP contribution in [0.5, 0.6) is 0 Å². The van der Waals surface area contributed by atoms with Gasteiger partial charge in [0.05, 0.1) is 28.3 Å². The molecule has 0 bridgehead atoms. The molecule has 0 aliphatic rings. The van der Waals surface area contributed by atoms with Crippen molar-refractivity contribution in [3.8, 4) is 22.6 Å². The van der Waals surface area contributed by atoms with Gasteiger partial charge in [-0.15, -0.1) is 10.2 Å². The Bertz CT molecular complexity index is 1460. The van der Waals surface area contributed by atoms with Gasteiger partial charge in [-0.2, -0.15) is 8.78 Å². The minimum atomic E-state index is -2.85. The number of hydrogen-bond donors (Lipinski definition) is 0. The van der Waals surface area contributed by atoms with Crippen molar-refractivity contribution >= 4 is 22.7 Å². The minimum Gasteiger partial charge on any atom is -0.415 e. The number of aromatic nitrogens is 5. The zero-order chi connectivity index (χ0) is 22.2. The van der Waals surface area contributed by atoms with Crippen LogP contribution in [0.25, 0.3) is 33.7 Å². The Labute approximate surface area is 183 Å². The van der Waals surface area contributed by atoms with Crippen LogP contribution < -0.4 is 5.76 Å². The highest BCUT2D eigenvalue weighted by Gasteiger charge is 2.18. The zero-order valence-corrected chi connectivity index (χ0v) is 16.8. The number of pyridine rings is 2. The predicted octanol–water partition coefficient (Wildman–Crippen LogP) is 4.74. The van der Waals surface area contributed by atoms with Crippen molar-refractivity contribution in [3.05, 3.63) is 82.1 Å². The summed E-state index contributed by atoms with van der Waals surface area (Å²) in [6, 6.07) is 10.2. The molecule has 4 aromatic heterocycles. The molecule has 0 radical (unpaired) electrons. The van der Waals surface area contributed by atoms with Gasteiger partial charge in [0.2, 0.25) is 5.89 Å². The lowest BCUT2D eigenvalue weighted by molar-refractivity contribution is 0.116. The van der Waals surface area contributed by atoms with Crippen LogP contribution in [-0.2, 0) is 6.54 Å². The first-order valence-corrected chi connectivity index (χ1v) is 9.67. The number of benzene rings is 1. The molecule has 5 rings (SSSR count). The van der Waals surface area contributed by atoms with E-state index in [4.69, 9.17) is 20.4 Å². The van der Waals surface area contributed by atoms with Crippen molar-refractivity contribution in [3.63, 3.8) is 0 Å². The van der Waals surface area contributed by atoms with Crippen LogP contribution in [0.15, 0.2) is 68.6 Å². The highest BCUT2D eigenvalue weighted by molar-refractivity contribution is 6.34. The summed E-state index contributed by atoms with van der Waals surface area (Å²) in [5.74, 6) is -1.40. The molecule has 0 saturated heterocycles. The summed E-state index contributed by atoms with van der Waals surface area (Å²) in [5, 5.41) is 7.31. The summed E-state index contributed by atoms with van der Waals surface area (Å²) in [5.41, 5.74) is 3.30. The van der Waals surface area contributed by atoms with Crippen LogP contribution in [-0.4, -0.2) is 24.7 Å². The van der Waals surface area contributed by atoms with Gasteiger partial charge in [-0.3, -0.25) is 14.5 Å². The van der Waals surface area contributed by atoms with E-state index in [2.05, 4.69) is 20.2 Å². The van der Waals surface area contributed by atoms with Gasteiger partial charge in [0.1, 0.15) is 0 Å². The average Bonchev–Trinajstić information content (AvgIpc) is 3.40. The monoisotopic (exact) mass is 455 g/mol. The van der Waals surface area contributed by atoms with Crippen molar-refractivity contribution < 1.29 is 17.6 Å². The summed E-state index contributed by atoms with van der Waals surface area (Å²) >= 11 is 6.38. The third-order valence-electron chi connectivity index (χ3n) is 4.75. The normalized spacial score (nSPS) is 11.5. The van der Waals surface area contributed by atoms with Crippen LogP contribution in [0.3, 0.4) is 0 Å². The number of hydrogen-bond acceptors (Lipinski definition) is 7. The van der Waals surface area contributed by atoms with E-state index >= 15 is 0 Å². The number of fused-ring (bicyclic) bond motifs is 1. The summed E-state index contributed by atoms with van der Waals surface area (Å²) in [6.07, 6.45) is 1.88. The lowest BCUT2D eigenvalue weighted by Gasteiger charge is -2.06. The second-order valence-electron chi connectivity index (χ2n) is 6.78. The lowest BCUT2D eigenvalue weighted by atomic mass is 10.1. The fourth-order valence-corrected chi connectivity index (χ4v) is 3.49. The van der Waals surface area contributed by atoms with Gasteiger partial charge in [0.15, 0.2) is 5.58 Å². The van der Waals surface area contributed by atoms with E-state index < -0.39 is 18.1 Å². The first-order valence-electron chi connectivity index (χ1n) is 9.30. The van der Waals surface area contributed by atoms with Gasteiger partial charge in [-0.1, -0.05) is 17.7 Å². The number of rotatable bonds is 5. The largest absolute Gasteiger partial charge is 0.420 e. The van der Waals surface area contributed by atoms with Crippen LogP contribution in [0.2, 0.25) is 5.02 Å². The third kappa shape index (κ3) is 3.65. The van der Waals surface area contributed by atoms with Crippen molar-refractivity contribution in [1.29, 1.82) is 0 Å². The Morgan fingerprint density at radius 3 is 2.62 bits per heavy atom. The van der Waals surface area contributed by atoms with Crippen molar-refractivity contribution in [2.45, 2.75) is 13.0 Å². The fourth-order valence-electron chi connectivity index (χ4n) is 3.22. The molecule has 0 atom stereocenters. The molecule has 0 amide bonds. The highest BCUT2D eigenvalue weighted by atomic mass is 35.5. The minimum absolute atomic E-state index is 0.0685. The van der Waals surface area contributed by atoms with Gasteiger partial charge < -0.3 is 8.83 Å². The molecule has 0 aliphatic carbocycles. The molecule has 0 spiro atoms. The van der Waals surface area contributed by atoms with Gasteiger partial charge in [0, 0.05) is 35.8 Å². The molecular weight excluding hydrogens is 444 g/mol. The predicted molar refractivity (Wildman–Crippen MR) is 110 cm³/mol. The fraction of sp³-hybridized carbons (Fsp3) is 0.0952. The maximum atomic E-state index is 12.6. The Hall–Kier alpha value is -3.92. The lowest BCUT2D eigenvalue weighted by Crippen LogP contribution is -2.15. The molecule has 11 heteroatoms. The maximum absolute atomic E-state index is 12.6. The standard InChI is InChI=1S/C21H12ClF2N5O3/c22-15-7-17-16(6-14(15)11-2-1-5-25-8-11)29(21(30)31-17)10-13-4-3-12(9-26-13)19-27-28-20(32-19)18(23)24/h1-9,18H,10H2. The van der Waals surface area contributed by atoms with Crippen LogP contribution in [0.4, 0.5) is 8.78 Å². The summed E-state index contributed by atoms with van der Waals surface area (Å²) in [4.78, 5) is 20.8. The number of nitrogens with zero attached hydrogens (tertiary/aromatic N) is 5. The smallest absolute Gasteiger partial charge is 0.415 e. The second-order valence-corrected chi connectivity index (χ2v) is 7.19. The Morgan fingerprint density at radius 1 is 1.06 bits per heavy atom. The van der Waals surface area contributed by atoms with Crippen LogP contribution in [0.1, 0.15) is 18.0 Å². The first kappa shape index (κ1) is 20.0. The van der Waals surface area contributed by atoms with E-state index in [0.29, 0.717) is 32.9 Å². The molecule has 5 aromatic rings. The quantitative estimate of drug-likeness (QED) is 0.377. The SMILES string of the molecule is O=c1oc2cc(Cl)c(-c3cccnc3)cc2n1Cc1ccc(-c2nnc(C(F)F)o2)cn1. The van der Waals surface area contributed by atoms with Gasteiger partial charge >= 0.3 is 12.2 Å². The number of halogens is 3. The van der Waals surface area contributed by atoms with E-state index in [1.165, 1.54) is 10.8 Å². The van der Waals surface area contributed by atoms with Gasteiger partial charge in [0.25, 0.3) is 5.89 Å². The van der Waals surface area contributed by atoms with E-state index in [0.717, 1.165) is 5.56 Å². The second kappa shape index (κ2) is 7.97. The Balaban J connectivity index is 1.48. The summed E-state index contributed by atoms with van der Waals surface area (Å²) in [6.45, 7) is 0.117. The number of oxazole rings is 1. The molecule has 0 N–H and O–H groups in total. The molecule has 0 unspecified atom stereocenters. The summed E-state index contributed by atoms with van der Waals surface area (Å²) in [7, 11) is 0. The topological polar surface area (TPSA) is 99.8 Å². The Kier molecular flexibility index (Phi) is 4.98. The van der Waals surface area contributed by atoms with E-state index in [-0.39, 0.29) is 12.4 Å². The van der Waals surface area contributed by atoms with Gasteiger partial charge in [-0.25, -0.2) is 4.79 Å². The number of alkyl halides is 2. The molecular formula is C21H12ClF2N5O3. The Morgan fingerprint density at radius 2 is 1.94 bits per heavy atom. The van der Waals surface area contributed by atoms with Crippen LogP contribution >= 0.6 is 11.6 Å². The van der Waals surface area contributed by atoms with Crippen molar-refractivity contribution in [1.82, 2.24) is 24.7 Å². The summed E-state index contributed by atoms with van der Waals surface area (Å²) < 4.78 is 37.0. The van der Waals surface area contributed by atoms with E-state index in [1.54, 1.807) is 42.7 Å². The van der Waals surface area contributed by atoms with Crippen molar-refractivity contribution in [2.24, 2.45) is 0 Å². The zero-order valence-electron chi connectivity index (χ0n) is 16.1. The first-order chi connectivity index (χ1) is 15.5. The third-order valence-corrected chi connectivity index (χ3v) is 5.06. The molecule has 1 aromatic carbocycles. The average molecular weight is 456 g/mol. The molecule has 0 aliphatic heterocycles. The molecule has 8 nitrogen and oxygen atoms in total. The van der Waals surface area contributed by atoms with Crippen molar-refractivity contribution in [2.75, 3.05) is 0 Å². The van der Waals surface area contributed by atoms with Gasteiger partial charge in [-0.05, 0) is 24.3 Å². The molecule has 32 heavy (non-hydrogen) atoms. The molecule has 0 saturated carbocycles. The molecule has 160 valence electrons. The molecule has 0 fully saturated rings. The van der Waals surface area contributed by atoms with E-state index in [9.17, 15) is 13.6 Å². The highest BCUT2D eigenvalue weighted by Crippen LogP contribution is 2.32. The maximum Gasteiger partial charge on any atom is 0.420 e. The van der Waals surface area contributed by atoms with E-state index in [1.807, 2.05) is 6.07 Å².